The first-order chi connectivity index (χ1) is 6.65. The van der Waals surface area contributed by atoms with Crippen molar-refractivity contribution in [3.05, 3.63) is 0 Å². The van der Waals surface area contributed by atoms with Crippen LogP contribution in [-0.4, -0.2) is 37.0 Å². The Bertz CT molecular complexity index is 188. The minimum atomic E-state index is 0.293. The Morgan fingerprint density at radius 1 is 1.50 bits per heavy atom. The van der Waals surface area contributed by atoms with Crippen LogP contribution < -0.4 is 5.32 Å². The van der Waals surface area contributed by atoms with Gasteiger partial charge in [0.25, 0.3) is 0 Å². The van der Waals surface area contributed by atoms with Gasteiger partial charge in [-0.05, 0) is 39.7 Å². The molecule has 0 aromatic heterocycles. The highest BCUT2D eigenvalue weighted by Gasteiger charge is 2.27. The van der Waals surface area contributed by atoms with E-state index in [4.69, 9.17) is 0 Å². The molecule has 0 unspecified atom stereocenters. The fourth-order valence-electron chi connectivity index (χ4n) is 1.55. The zero-order valence-electron chi connectivity index (χ0n) is 9.55. The van der Waals surface area contributed by atoms with Gasteiger partial charge in [-0.25, -0.2) is 0 Å². The van der Waals surface area contributed by atoms with Crippen molar-refractivity contribution in [1.82, 2.24) is 10.2 Å². The minimum absolute atomic E-state index is 0.293. The molecule has 0 bridgehead atoms. The first-order valence-electron chi connectivity index (χ1n) is 5.59. The molecule has 0 aromatic rings. The maximum atomic E-state index is 11.8. The molecule has 1 aliphatic rings. The quantitative estimate of drug-likeness (QED) is 0.696. The van der Waals surface area contributed by atoms with Crippen molar-refractivity contribution >= 4 is 5.91 Å². The van der Waals surface area contributed by atoms with Crippen molar-refractivity contribution in [2.45, 2.75) is 39.2 Å². The molecule has 1 amide bonds. The predicted octanol–water partition coefficient (Wildman–Crippen LogP) is 1.24. The summed E-state index contributed by atoms with van der Waals surface area (Å²) in [7, 11) is 1.88. The Hall–Kier alpha value is -0.570. The molecule has 1 N–H and O–H groups in total. The average molecular weight is 198 g/mol. The molecule has 82 valence electrons. The van der Waals surface area contributed by atoms with Gasteiger partial charge in [-0.1, -0.05) is 0 Å². The summed E-state index contributed by atoms with van der Waals surface area (Å²) in [5.74, 6) is 1.08. The summed E-state index contributed by atoms with van der Waals surface area (Å²) in [6, 6.07) is 0.347. The van der Waals surface area contributed by atoms with Crippen molar-refractivity contribution in [3.63, 3.8) is 0 Å². The van der Waals surface area contributed by atoms with Crippen LogP contribution in [0.5, 0.6) is 0 Å². The second kappa shape index (κ2) is 5.35. The van der Waals surface area contributed by atoms with Crippen LogP contribution in [-0.2, 0) is 4.79 Å². The summed E-state index contributed by atoms with van der Waals surface area (Å²) >= 11 is 0. The summed E-state index contributed by atoms with van der Waals surface area (Å²) in [5, 5.41) is 3.01. The first-order valence-corrected chi connectivity index (χ1v) is 5.59. The summed E-state index contributed by atoms with van der Waals surface area (Å²) in [4.78, 5) is 13.8. The summed E-state index contributed by atoms with van der Waals surface area (Å²) in [6.45, 7) is 5.95. The van der Waals surface area contributed by atoms with Crippen molar-refractivity contribution in [1.29, 1.82) is 0 Å². The molecule has 0 spiro atoms. The SMILES string of the molecule is CNCCC(=O)N(CC1CC1)C(C)C. The lowest BCUT2D eigenvalue weighted by molar-refractivity contribution is -0.133. The third kappa shape index (κ3) is 3.66. The van der Waals surface area contributed by atoms with Crippen LogP contribution >= 0.6 is 0 Å². The number of carbonyl (C=O) groups is 1. The van der Waals surface area contributed by atoms with Crippen LogP contribution in [0, 0.1) is 5.92 Å². The first kappa shape index (κ1) is 11.5. The van der Waals surface area contributed by atoms with Gasteiger partial charge in [0.05, 0.1) is 0 Å². The van der Waals surface area contributed by atoms with E-state index in [1.165, 1.54) is 12.8 Å². The van der Waals surface area contributed by atoms with Crippen LogP contribution in [0.2, 0.25) is 0 Å². The predicted molar refractivity (Wildman–Crippen MR) is 58.1 cm³/mol. The molecular formula is C11H22N2O. The molecule has 14 heavy (non-hydrogen) atoms. The lowest BCUT2D eigenvalue weighted by Crippen LogP contribution is -2.39. The zero-order valence-corrected chi connectivity index (χ0v) is 9.55. The number of amides is 1. The van der Waals surface area contributed by atoms with E-state index >= 15 is 0 Å². The lowest BCUT2D eigenvalue weighted by Gasteiger charge is -2.26. The van der Waals surface area contributed by atoms with E-state index in [0.29, 0.717) is 18.4 Å². The molecule has 1 aliphatic carbocycles. The van der Waals surface area contributed by atoms with E-state index in [1.54, 1.807) is 0 Å². The van der Waals surface area contributed by atoms with Crippen molar-refractivity contribution in [2.75, 3.05) is 20.1 Å². The largest absolute Gasteiger partial charge is 0.340 e. The van der Waals surface area contributed by atoms with Crippen LogP contribution in [0.15, 0.2) is 0 Å². The number of nitrogens with one attached hydrogen (secondary N) is 1. The van der Waals surface area contributed by atoms with E-state index in [2.05, 4.69) is 19.2 Å². The van der Waals surface area contributed by atoms with Gasteiger partial charge >= 0.3 is 0 Å². The van der Waals surface area contributed by atoms with E-state index in [0.717, 1.165) is 19.0 Å². The van der Waals surface area contributed by atoms with Crippen molar-refractivity contribution in [2.24, 2.45) is 5.92 Å². The Kier molecular flexibility index (Phi) is 4.39. The van der Waals surface area contributed by atoms with Gasteiger partial charge in [-0.2, -0.15) is 0 Å². The molecule has 1 saturated carbocycles. The van der Waals surface area contributed by atoms with Gasteiger partial charge in [-0.15, -0.1) is 0 Å². The minimum Gasteiger partial charge on any atom is -0.340 e. The van der Waals surface area contributed by atoms with Gasteiger partial charge in [0.2, 0.25) is 5.91 Å². The summed E-state index contributed by atoms with van der Waals surface area (Å²) in [6.07, 6.45) is 3.24. The maximum absolute atomic E-state index is 11.8. The molecular weight excluding hydrogens is 176 g/mol. The number of carbonyl (C=O) groups excluding carboxylic acids is 1. The molecule has 0 aliphatic heterocycles. The highest BCUT2D eigenvalue weighted by Crippen LogP contribution is 2.30. The van der Waals surface area contributed by atoms with Crippen LogP contribution in [0.3, 0.4) is 0 Å². The smallest absolute Gasteiger partial charge is 0.224 e. The highest BCUT2D eigenvalue weighted by atomic mass is 16.2. The number of nitrogens with zero attached hydrogens (tertiary/aromatic N) is 1. The zero-order chi connectivity index (χ0) is 10.6. The summed E-state index contributed by atoms with van der Waals surface area (Å²) in [5.41, 5.74) is 0. The molecule has 3 nitrogen and oxygen atoms in total. The van der Waals surface area contributed by atoms with Crippen molar-refractivity contribution in [3.8, 4) is 0 Å². The molecule has 0 aromatic carbocycles. The molecule has 1 rings (SSSR count). The average Bonchev–Trinajstić information content (AvgIpc) is 2.93. The fourth-order valence-corrected chi connectivity index (χ4v) is 1.55. The third-order valence-electron chi connectivity index (χ3n) is 2.68. The Morgan fingerprint density at radius 2 is 2.14 bits per heavy atom. The lowest BCUT2D eigenvalue weighted by atomic mass is 10.2. The van der Waals surface area contributed by atoms with Gasteiger partial charge in [0, 0.05) is 25.6 Å². The van der Waals surface area contributed by atoms with Gasteiger partial charge < -0.3 is 10.2 Å². The maximum Gasteiger partial charge on any atom is 0.224 e. The van der Waals surface area contributed by atoms with Gasteiger partial charge in [0.1, 0.15) is 0 Å². The van der Waals surface area contributed by atoms with E-state index in [1.807, 2.05) is 11.9 Å². The number of hydrogen-bond donors (Lipinski definition) is 1. The number of rotatable bonds is 6. The van der Waals surface area contributed by atoms with Crippen molar-refractivity contribution < 1.29 is 4.79 Å². The fraction of sp³-hybridized carbons (Fsp3) is 0.909. The Balaban J connectivity index is 2.35. The van der Waals surface area contributed by atoms with Gasteiger partial charge in [-0.3, -0.25) is 4.79 Å². The number of hydrogen-bond acceptors (Lipinski definition) is 2. The normalized spacial score (nSPS) is 16.0. The molecule has 1 fully saturated rings. The molecule has 0 heterocycles. The second-order valence-electron chi connectivity index (χ2n) is 4.44. The van der Waals surface area contributed by atoms with Gasteiger partial charge in [0.15, 0.2) is 0 Å². The molecule has 0 atom stereocenters. The van der Waals surface area contributed by atoms with Crippen LogP contribution in [0.4, 0.5) is 0 Å². The van der Waals surface area contributed by atoms with Crippen LogP contribution in [0.1, 0.15) is 33.1 Å². The third-order valence-corrected chi connectivity index (χ3v) is 2.68. The Labute approximate surface area is 86.9 Å². The standard InChI is InChI=1S/C11H22N2O/c1-9(2)13(8-10-4-5-10)11(14)6-7-12-3/h9-10,12H,4-8H2,1-3H3. The monoisotopic (exact) mass is 198 g/mol. The summed E-state index contributed by atoms with van der Waals surface area (Å²) < 4.78 is 0. The topological polar surface area (TPSA) is 32.3 Å². The van der Waals surface area contributed by atoms with E-state index in [-0.39, 0.29) is 0 Å². The highest BCUT2D eigenvalue weighted by molar-refractivity contribution is 5.76. The van der Waals surface area contributed by atoms with E-state index < -0.39 is 0 Å². The van der Waals surface area contributed by atoms with Crippen LogP contribution in [0.25, 0.3) is 0 Å². The molecule has 3 heteroatoms. The Morgan fingerprint density at radius 3 is 2.57 bits per heavy atom. The molecule has 0 saturated heterocycles. The van der Waals surface area contributed by atoms with E-state index in [9.17, 15) is 4.79 Å². The molecule has 0 radical (unpaired) electrons. The second-order valence-corrected chi connectivity index (χ2v) is 4.44.